The summed E-state index contributed by atoms with van der Waals surface area (Å²) in [7, 11) is 1.62. The van der Waals surface area contributed by atoms with Crippen molar-refractivity contribution in [2.75, 3.05) is 7.11 Å². The van der Waals surface area contributed by atoms with Crippen LogP contribution in [0.4, 0.5) is 0 Å². The molecule has 0 unspecified atom stereocenters. The highest BCUT2D eigenvalue weighted by molar-refractivity contribution is 5.85. The van der Waals surface area contributed by atoms with Crippen LogP contribution in [0.15, 0.2) is 42.9 Å². The predicted molar refractivity (Wildman–Crippen MR) is 65.9 cm³/mol. The summed E-state index contributed by atoms with van der Waals surface area (Å²) in [6, 6.07) is 7.90. The Morgan fingerprint density at radius 3 is 3.00 bits per heavy atom. The number of nitrogens with one attached hydrogen (secondary N) is 1. The van der Waals surface area contributed by atoms with Crippen LogP contribution in [-0.2, 0) is 0 Å². The average molecular weight is 225 g/mol. The van der Waals surface area contributed by atoms with Gasteiger partial charge in [0.2, 0.25) is 5.88 Å². The molecule has 0 saturated carbocycles. The Kier molecular flexibility index (Phi) is 2.26. The van der Waals surface area contributed by atoms with Gasteiger partial charge in [-0.2, -0.15) is 0 Å². The smallest absolute Gasteiger partial charge is 0.222 e. The van der Waals surface area contributed by atoms with Gasteiger partial charge < -0.3 is 9.72 Å². The Morgan fingerprint density at radius 1 is 1.24 bits per heavy atom. The van der Waals surface area contributed by atoms with Gasteiger partial charge in [0.25, 0.3) is 0 Å². The monoisotopic (exact) mass is 225 g/mol. The maximum Gasteiger partial charge on any atom is 0.222 e. The van der Waals surface area contributed by atoms with E-state index in [1.165, 1.54) is 0 Å². The Bertz CT molecular complexity index is 627. The number of methoxy groups -OCH3 is 1. The molecule has 0 aliphatic carbocycles. The fraction of sp³-hybridized carbons (Fsp3) is 0.0769. The summed E-state index contributed by atoms with van der Waals surface area (Å²) in [6.45, 7) is 0. The Morgan fingerprint density at radius 2 is 2.18 bits per heavy atom. The average Bonchev–Trinajstić information content (AvgIpc) is 2.82. The van der Waals surface area contributed by atoms with E-state index in [0.29, 0.717) is 5.88 Å². The van der Waals surface area contributed by atoms with Crippen LogP contribution in [0.25, 0.3) is 22.2 Å². The van der Waals surface area contributed by atoms with Gasteiger partial charge in [-0.25, -0.2) is 4.98 Å². The first-order chi connectivity index (χ1) is 8.38. The molecule has 0 bridgehead atoms. The second kappa shape index (κ2) is 3.90. The van der Waals surface area contributed by atoms with E-state index in [1.54, 1.807) is 19.5 Å². The van der Waals surface area contributed by atoms with Crippen molar-refractivity contribution in [1.82, 2.24) is 15.0 Å². The van der Waals surface area contributed by atoms with Crippen LogP contribution in [0.3, 0.4) is 0 Å². The van der Waals surface area contributed by atoms with Crippen molar-refractivity contribution in [2.45, 2.75) is 0 Å². The number of hydrogen-bond donors (Lipinski definition) is 1. The third-order valence-electron chi connectivity index (χ3n) is 2.68. The first-order valence-corrected chi connectivity index (χ1v) is 5.30. The largest absolute Gasteiger partial charge is 0.481 e. The fourth-order valence-corrected chi connectivity index (χ4v) is 1.88. The number of hydrogen-bond acceptors (Lipinski definition) is 3. The van der Waals surface area contributed by atoms with Crippen molar-refractivity contribution in [2.24, 2.45) is 0 Å². The normalized spacial score (nSPS) is 10.6. The lowest BCUT2D eigenvalue weighted by Crippen LogP contribution is -1.90. The highest BCUT2D eigenvalue weighted by atomic mass is 16.5. The van der Waals surface area contributed by atoms with Gasteiger partial charge >= 0.3 is 0 Å². The topological polar surface area (TPSA) is 50.8 Å². The molecule has 0 atom stereocenters. The van der Waals surface area contributed by atoms with Gasteiger partial charge in [-0.05, 0) is 24.3 Å². The van der Waals surface area contributed by atoms with Crippen LogP contribution < -0.4 is 4.74 Å². The van der Waals surface area contributed by atoms with Crippen molar-refractivity contribution < 1.29 is 4.74 Å². The number of nitrogens with zero attached hydrogens (tertiary/aromatic N) is 2. The highest BCUT2D eigenvalue weighted by Gasteiger charge is 2.08. The first-order valence-electron chi connectivity index (χ1n) is 5.30. The van der Waals surface area contributed by atoms with Crippen molar-refractivity contribution in [1.29, 1.82) is 0 Å². The minimum Gasteiger partial charge on any atom is -0.481 e. The molecule has 0 saturated heterocycles. The van der Waals surface area contributed by atoms with Crippen LogP contribution in [-0.4, -0.2) is 22.1 Å². The molecule has 0 aliphatic rings. The fourth-order valence-electron chi connectivity index (χ4n) is 1.88. The number of ether oxygens (including phenoxy) is 1. The van der Waals surface area contributed by atoms with Gasteiger partial charge in [-0.1, -0.05) is 0 Å². The molecule has 0 spiro atoms. The van der Waals surface area contributed by atoms with Gasteiger partial charge in [0.05, 0.1) is 30.1 Å². The third-order valence-corrected chi connectivity index (χ3v) is 2.68. The first kappa shape index (κ1) is 9.84. The van der Waals surface area contributed by atoms with E-state index in [0.717, 1.165) is 22.2 Å². The molecule has 0 amide bonds. The standard InChI is InChI=1S/C13H11N3O/c1-17-13-10(3-2-5-15-13)11-7-9-4-6-14-8-12(9)16-11/h2-8,16H,1H3. The van der Waals surface area contributed by atoms with Gasteiger partial charge in [-0.3, -0.25) is 4.98 Å². The third kappa shape index (κ3) is 1.63. The number of aromatic amines is 1. The zero-order chi connectivity index (χ0) is 11.7. The van der Waals surface area contributed by atoms with Gasteiger partial charge in [0.1, 0.15) is 0 Å². The van der Waals surface area contributed by atoms with E-state index >= 15 is 0 Å². The van der Waals surface area contributed by atoms with Crippen molar-refractivity contribution in [3.63, 3.8) is 0 Å². The molecule has 1 N–H and O–H groups in total. The van der Waals surface area contributed by atoms with Crippen LogP contribution in [0.5, 0.6) is 5.88 Å². The molecular formula is C13H11N3O. The molecule has 4 nitrogen and oxygen atoms in total. The molecule has 17 heavy (non-hydrogen) atoms. The van der Waals surface area contributed by atoms with Crippen molar-refractivity contribution in [3.8, 4) is 17.1 Å². The molecule has 3 rings (SSSR count). The van der Waals surface area contributed by atoms with E-state index in [4.69, 9.17) is 4.74 Å². The molecule has 0 radical (unpaired) electrons. The van der Waals surface area contributed by atoms with E-state index in [-0.39, 0.29) is 0 Å². The molecule has 3 aromatic rings. The van der Waals surface area contributed by atoms with E-state index in [2.05, 4.69) is 21.0 Å². The molecule has 0 fully saturated rings. The maximum absolute atomic E-state index is 5.25. The van der Waals surface area contributed by atoms with Crippen LogP contribution >= 0.6 is 0 Å². The van der Waals surface area contributed by atoms with Gasteiger partial charge in [0.15, 0.2) is 0 Å². The molecule has 3 aromatic heterocycles. The summed E-state index contributed by atoms with van der Waals surface area (Å²) < 4.78 is 5.25. The summed E-state index contributed by atoms with van der Waals surface area (Å²) >= 11 is 0. The number of aromatic nitrogens is 3. The summed E-state index contributed by atoms with van der Waals surface area (Å²) in [4.78, 5) is 11.6. The van der Waals surface area contributed by atoms with Crippen LogP contribution in [0.2, 0.25) is 0 Å². The van der Waals surface area contributed by atoms with E-state index in [9.17, 15) is 0 Å². The van der Waals surface area contributed by atoms with E-state index in [1.807, 2.05) is 24.4 Å². The molecule has 4 heteroatoms. The number of H-pyrrole nitrogens is 1. The summed E-state index contributed by atoms with van der Waals surface area (Å²) in [6.07, 6.45) is 5.30. The summed E-state index contributed by atoms with van der Waals surface area (Å²) in [5.74, 6) is 0.618. The number of rotatable bonds is 2. The molecule has 3 heterocycles. The minimum absolute atomic E-state index is 0.618. The molecular weight excluding hydrogens is 214 g/mol. The predicted octanol–water partition coefficient (Wildman–Crippen LogP) is 2.63. The highest BCUT2D eigenvalue weighted by Crippen LogP contribution is 2.29. The van der Waals surface area contributed by atoms with Crippen molar-refractivity contribution in [3.05, 3.63) is 42.9 Å². The lowest BCUT2D eigenvalue weighted by atomic mass is 10.2. The van der Waals surface area contributed by atoms with E-state index < -0.39 is 0 Å². The lowest BCUT2D eigenvalue weighted by Gasteiger charge is -2.04. The second-order valence-corrected chi connectivity index (χ2v) is 3.71. The number of fused-ring (bicyclic) bond motifs is 1. The Labute approximate surface area is 98.3 Å². The quantitative estimate of drug-likeness (QED) is 0.729. The summed E-state index contributed by atoms with van der Waals surface area (Å²) in [5.41, 5.74) is 2.94. The Balaban J connectivity index is 2.20. The Hall–Kier alpha value is -2.36. The number of pyridine rings is 2. The zero-order valence-corrected chi connectivity index (χ0v) is 9.34. The van der Waals surface area contributed by atoms with Crippen LogP contribution in [0.1, 0.15) is 0 Å². The molecule has 0 aromatic carbocycles. The SMILES string of the molecule is COc1ncccc1-c1cc2ccncc2[nH]1. The summed E-state index contributed by atoms with van der Waals surface area (Å²) in [5, 5.41) is 1.13. The molecule has 0 aliphatic heterocycles. The van der Waals surface area contributed by atoms with Gasteiger partial charge in [-0.15, -0.1) is 0 Å². The molecule has 84 valence electrons. The van der Waals surface area contributed by atoms with Gasteiger partial charge in [0, 0.05) is 17.8 Å². The van der Waals surface area contributed by atoms with Crippen molar-refractivity contribution >= 4 is 10.9 Å². The second-order valence-electron chi connectivity index (χ2n) is 3.71. The van der Waals surface area contributed by atoms with Crippen LogP contribution in [0, 0.1) is 0 Å². The maximum atomic E-state index is 5.25. The minimum atomic E-state index is 0.618. The zero-order valence-electron chi connectivity index (χ0n) is 9.34. The lowest BCUT2D eigenvalue weighted by molar-refractivity contribution is 0.399.